The van der Waals surface area contributed by atoms with Crippen molar-refractivity contribution in [3.63, 3.8) is 0 Å². The number of fused-ring (bicyclic) bond motifs is 1. The van der Waals surface area contributed by atoms with Crippen LogP contribution in [0.5, 0.6) is 0 Å². The first-order chi connectivity index (χ1) is 7.84. The average molecular weight is 220 g/mol. The second-order valence-corrected chi connectivity index (χ2v) is 4.17. The molecule has 1 N–H and O–H groups in total. The molecule has 0 bridgehead atoms. The molecule has 0 saturated carbocycles. The molecule has 1 saturated heterocycles. The van der Waals surface area contributed by atoms with Crippen molar-refractivity contribution >= 4 is 5.65 Å². The minimum Gasteiger partial charge on any atom is -0.316 e. The van der Waals surface area contributed by atoms with Gasteiger partial charge in [0.15, 0.2) is 5.65 Å². The van der Waals surface area contributed by atoms with Crippen LogP contribution in [0.1, 0.15) is 24.6 Å². The summed E-state index contributed by atoms with van der Waals surface area (Å²) in [4.78, 5) is 0. The van der Waals surface area contributed by atoms with Crippen LogP contribution >= 0.6 is 0 Å². The predicted octanol–water partition coefficient (Wildman–Crippen LogP) is 1.34. The van der Waals surface area contributed by atoms with E-state index < -0.39 is 0 Å². The van der Waals surface area contributed by atoms with Gasteiger partial charge in [-0.05, 0) is 25.5 Å². The van der Waals surface area contributed by atoms with E-state index in [0.717, 1.165) is 31.8 Å². The minimum atomic E-state index is -0.270. The van der Waals surface area contributed by atoms with Gasteiger partial charge in [0, 0.05) is 24.7 Å². The van der Waals surface area contributed by atoms with Crippen molar-refractivity contribution in [1.29, 1.82) is 0 Å². The summed E-state index contributed by atoms with van der Waals surface area (Å²) in [5.74, 6) is 1.05. The summed E-state index contributed by atoms with van der Waals surface area (Å²) in [6.07, 6.45) is 3.97. The van der Waals surface area contributed by atoms with E-state index in [1.807, 2.05) is 4.40 Å². The maximum Gasteiger partial charge on any atom is 0.163 e. The van der Waals surface area contributed by atoms with Crippen molar-refractivity contribution in [2.75, 3.05) is 13.1 Å². The molecule has 3 heterocycles. The number of aromatic nitrogens is 3. The minimum absolute atomic E-state index is 0.270. The highest BCUT2D eigenvalue weighted by molar-refractivity contribution is 5.38. The molecule has 1 fully saturated rings. The van der Waals surface area contributed by atoms with Crippen LogP contribution < -0.4 is 5.32 Å². The van der Waals surface area contributed by atoms with Gasteiger partial charge in [-0.3, -0.25) is 4.40 Å². The first kappa shape index (κ1) is 9.72. The topological polar surface area (TPSA) is 42.2 Å². The Labute approximate surface area is 92.5 Å². The van der Waals surface area contributed by atoms with Gasteiger partial charge >= 0.3 is 0 Å². The number of hydrogen-bond donors (Lipinski definition) is 1. The molecule has 0 amide bonds. The van der Waals surface area contributed by atoms with Gasteiger partial charge in [-0.1, -0.05) is 0 Å². The van der Waals surface area contributed by atoms with Gasteiger partial charge in [0.05, 0.1) is 0 Å². The molecule has 1 aliphatic heterocycles. The summed E-state index contributed by atoms with van der Waals surface area (Å²) in [5, 5.41) is 11.5. The lowest BCUT2D eigenvalue weighted by molar-refractivity contribution is 0.444. The molecule has 0 aliphatic carbocycles. The lowest BCUT2D eigenvalue weighted by Crippen LogP contribution is -2.29. The number of nitrogens with zero attached hydrogens (tertiary/aromatic N) is 3. The zero-order chi connectivity index (χ0) is 11.0. The van der Waals surface area contributed by atoms with E-state index >= 15 is 0 Å². The van der Waals surface area contributed by atoms with E-state index in [2.05, 4.69) is 15.5 Å². The van der Waals surface area contributed by atoms with Gasteiger partial charge < -0.3 is 5.32 Å². The van der Waals surface area contributed by atoms with Crippen LogP contribution in [0.4, 0.5) is 4.39 Å². The Bertz CT molecular complexity index is 502. The fourth-order valence-corrected chi connectivity index (χ4v) is 2.24. The number of piperidine rings is 1. The summed E-state index contributed by atoms with van der Waals surface area (Å²) in [5.41, 5.74) is 0.584. The maximum absolute atomic E-state index is 13.0. The SMILES string of the molecule is Fc1ccn2c(C3CCCNC3)nnc2c1. The third kappa shape index (κ3) is 1.57. The molecular weight excluding hydrogens is 207 g/mol. The molecule has 1 atom stereocenters. The Hall–Kier alpha value is -1.49. The van der Waals surface area contributed by atoms with E-state index in [-0.39, 0.29) is 5.82 Å². The number of pyridine rings is 1. The Morgan fingerprint density at radius 1 is 1.44 bits per heavy atom. The van der Waals surface area contributed by atoms with E-state index in [4.69, 9.17) is 0 Å². The molecule has 3 rings (SSSR count). The number of nitrogens with one attached hydrogen (secondary N) is 1. The van der Waals surface area contributed by atoms with Gasteiger partial charge in [0.1, 0.15) is 11.6 Å². The summed E-state index contributed by atoms with van der Waals surface area (Å²) < 4.78 is 14.9. The van der Waals surface area contributed by atoms with E-state index in [1.165, 1.54) is 12.1 Å². The van der Waals surface area contributed by atoms with Crippen molar-refractivity contribution in [2.24, 2.45) is 0 Å². The standard InChI is InChI=1S/C11H13FN4/c12-9-3-5-16-10(6-9)14-15-11(16)8-2-1-4-13-7-8/h3,5-6,8,13H,1-2,4,7H2. The number of hydrogen-bond acceptors (Lipinski definition) is 3. The second-order valence-electron chi connectivity index (χ2n) is 4.17. The van der Waals surface area contributed by atoms with Crippen LogP contribution in [0.15, 0.2) is 18.3 Å². The zero-order valence-corrected chi connectivity index (χ0v) is 8.86. The molecule has 2 aromatic rings. The van der Waals surface area contributed by atoms with Crippen molar-refractivity contribution in [2.45, 2.75) is 18.8 Å². The first-order valence-electron chi connectivity index (χ1n) is 5.55. The molecule has 84 valence electrons. The van der Waals surface area contributed by atoms with Gasteiger partial charge in [0.2, 0.25) is 0 Å². The molecule has 1 aliphatic rings. The Balaban J connectivity index is 2.03. The molecule has 0 radical (unpaired) electrons. The van der Waals surface area contributed by atoms with Crippen LogP contribution in [-0.2, 0) is 0 Å². The largest absolute Gasteiger partial charge is 0.316 e. The van der Waals surface area contributed by atoms with Crippen LogP contribution in [0, 0.1) is 5.82 Å². The molecule has 2 aromatic heterocycles. The summed E-state index contributed by atoms with van der Waals surface area (Å²) in [7, 11) is 0. The van der Waals surface area contributed by atoms with Crippen LogP contribution in [0.3, 0.4) is 0 Å². The fourth-order valence-electron chi connectivity index (χ4n) is 2.24. The predicted molar refractivity (Wildman–Crippen MR) is 57.8 cm³/mol. The highest BCUT2D eigenvalue weighted by Gasteiger charge is 2.20. The Kier molecular flexibility index (Phi) is 2.32. The van der Waals surface area contributed by atoms with E-state index in [0.29, 0.717) is 11.6 Å². The normalized spacial score (nSPS) is 21.4. The third-order valence-corrected chi connectivity index (χ3v) is 3.06. The monoisotopic (exact) mass is 220 g/mol. The quantitative estimate of drug-likeness (QED) is 0.788. The van der Waals surface area contributed by atoms with Crippen molar-refractivity contribution < 1.29 is 4.39 Å². The van der Waals surface area contributed by atoms with Crippen LogP contribution in [0.2, 0.25) is 0 Å². The van der Waals surface area contributed by atoms with Gasteiger partial charge in [-0.2, -0.15) is 0 Å². The molecule has 0 aromatic carbocycles. The first-order valence-corrected chi connectivity index (χ1v) is 5.55. The highest BCUT2D eigenvalue weighted by Crippen LogP contribution is 2.22. The molecular formula is C11H13FN4. The fraction of sp³-hybridized carbons (Fsp3) is 0.455. The van der Waals surface area contributed by atoms with Crippen molar-refractivity contribution in [3.8, 4) is 0 Å². The summed E-state index contributed by atoms with van der Waals surface area (Å²) in [6, 6.07) is 2.85. The lowest BCUT2D eigenvalue weighted by Gasteiger charge is -2.20. The average Bonchev–Trinajstić information content (AvgIpc) is 2.73. The Morgan fingerprint density at radius 2 is 2.38 bits per heavy atom. The summed E-state index contributed by atoms with van der Waals surface area (Å²) in [6.45, 7) is 2.00. The van der Waals surface area contributed by atoms with Crippen LogP contribution in [-0.4, -0.2) is 27.7 Å². The van der Waals surface area contributed by atoms with Crippen molar-refractivity contribution in [3.05, 3.63) is 30.0 Å². The Morgan fingerprint density at radius 3 is 3.19 bits per heavy atom. The van der Waals surface area contributed by atoms with E-state index in [9.17, 15) is 4.39 Å². The lowest BCUT2D eigenvalue weighted by atomic mass is 9.99. The molecule has 5 heteroatoms. The van der Waals surface area contributed by atoms with Crippen LogP contribution in [0.25, 0.3) is 5.65 Å². The zero-order valence-electron chi connectivity index (χ0n) is 8.86. The smallest absolute Gasteiger partial charge is 0.163 e. The summed E-state index contributed by atoms with van der Waals surface area (Å²) >= 11 is 0. The molecule has 16 heavy (non-hydrogen) atoms. The van der Waals surface area contributed by atoms with E-state index in [1.54, 1.807) is 6.20 Å². The number of halogens is 1. The second kappa shape index (κ2) is 3.83. The van der Waals surface area contributed by atoms with Gasteiger partial charge in [0.25, 0.3) is 0 Å². The molecule has 0 spiro atoms. The van der Waals surface area contributed by atoms with Gasteiger partial charge in [-0.25, -0.2) is 4.39 Å². The maximum atomic E-state index is 13.0. The third-order valence-electron chi connectivity index (χ3n) is 3.06. The van der Waals surface area contributed by atoms with Gasteiger partial charge in [-0.15, -0.1) is 10.2 Å². The molecule has 1 unspecified atom stereocenters. The highest BCUT2D eigenvalue weighted by atomic mass is 19.1. The number of rotatable bonds is 1. The van der Waals surface area contributed by atoms with Crippen molar-refractivity contribution in [1.82, 2.24) is 19.9 Å². The molecule has 4 nitrogen and oxygen atoms in total.